The molecule has 4 rings (SSSR count). The van der Waals surface area contributed by atoms with Crippen LogP contribution < -0.4 is 5.32 Å². The summed E-state index contributed by atoms with van der Waals surface area (Å²) < 4.78 is 38.9. The Hall–Kier alpha value is -3.12. The minimum absolute atomic E-state index is 0.0243. The lowest BCUT2D eigenvalue weighted by molar-refractivity contribution is -0.137. The third-order valence-electron chi connectivity index (χ3n) is 6.12. The van der Waals surface area contributed by atoms with Crippen LogP contribution in [0.4, 0.5) is 13.2 Å². The summed E-state index contributed by atoms with van der Waals surface area (Å²) in [5, 5.41) is 3.21. The molecule has 0 bridgehead atoms. The Balaban J connectivity index is 1.37. The van der Waals surface area contributed by atoms with Gasteiger partial charge in [0.1, 0.15) is 0 Å². The van der Waals surface area contributed by atoms with Crippen LogP contribution in [0.15, 0.2) is 84.9 Å². The van der Waals surface area contributed by atoms with E-state index < -0.39 is 11.7 Å². The van der Waals surface area contributed by atoms with Gasteiger partial charge in [-0.25, -0.2) is 0 Å². The Morgan fingerprint density at radius 3 is 2.00 bits per heavy atom. The standard InChI is InChI=1S/C27H27F3N2O/c28-27(29,30)23-13-7-8-20(18-23)19-32-16-14-24(15-17-32)31-26(33)25(21-9-3-1-4-10-21)22-11-5-2-6-12-22/h1-13,18,24-25H,14-17,19H2,(H,31,33). The third-order valence-corrected chi connectivity index (χ3v) is 6.12. The number of hydrogen-bond acceptors (Lipinski definition) is 2. The van der Waals surface area contributed by atoms with E-state index in [0.717, 1.165) is 43.1 Å². The monoisotopic (exact) mass is 452 g/mol. The molecule has 0 aliphatic carbocycles. The Morgan fingerprint density at radius 1 is 0.879 bits per heavy atom. The molecule has 0 aromatic heterocycles. The van der Waals surface area contributed by atoms with Crippen molar-refractivity contribution in [1.82, 2.24) is 10.2 Å². The van der Waals surface area contributed by atoms with E-state index >= 15 is 0 Å². The van der Waals surface area contributed by atoms with Crippen LogP contribution in [-0.2, 0) is 17.5 Å². The van der Waals surface area contributed by atoms with Crippen LogP contribution in [0.1, 0.15) is 41.0 Å². The first kappa shape index (κ1) is 23.1. The van der Waals surface area contributed by atoms with Crippen LogP contribution in [0.25, 0.3) is 0 Å². The number of benzene rings is 3. The highest BCUT2D eigenvalue weighted by molar-refractivity contribution is 5.87. The molecule has 1 heterocycles. The Kier molecular flexibility index (Phi) is 7.14. The summed E-state index contributed by atoms with van der Waals surface area (Å²) in [7, 11) is 0. The van der Waals surface area contributed by atoms with Crippen molar-refractivity contribution in [1.29, 1.82) is 0 Å². The van der Waals surface area contributed by atoms with Gasteiger partial charge in [0.15, 0.2) is 0 Å². The largest absolute Gasteiger partial charge is 0.416 e. The second kappa shape index (κ2) is 10.2. The number of rotatable bonds is 6. The van der Waals surface area contributed by atoms with Crippen LogP contribution in [0.2, 0.25) is 0 Å². The molecule has 0 radical (unpaired) electrons. The van der Waals surface area contributed by atoms with Crippen molar-refractivity contribution >= 4 is 5.91 Å². The van der Waals surface area contributed by atoms with Gasteiger partial charge in [0.2, 0.25) is 5.91 Å². The number of amides is 1. The molecule has 0 unspecified atom stereocenters. The average Bonchev–Trinajstić information content (AvgIpc) is 2.82. The first-order chi connectivity index (χ1) is 15.9. The Bertz CT molecular complexity index is 1010. The molecule has 0 saturated carbocycles. The normalized spacial score (nSPS) is 15.5. The molecule has 6 heteroatoms. The smallest absolute Gasteiger partial charge is 0.352 e. The lowest BCUT2D eigenvalue weighted by Gasteiger charge is -2.33. The lowest BCUT2D eigenvalue weighted by Crippen LogP contribution is -2.45. The van der Waals surface area contributed by atoms with Gasteiger partial charge in [-0.3, -0.25) is 9.69 Å². The summed E-state index contributed by atoms with van der Waals surface area (Å²) in [6.07, 6.45) is -2.80. The van der Waals surface area contributed by atoms with E-state index in [-0.39, 0.29) is 17.9 Å². The highest BCUT2D eigenvalue weighted by atomic mass is 19.4. The number of carbonyl (C=O) groups is 1. The van der Waals surface area contributed by atoms with Gasteiger partial charge in [0.25, 0.3) is 0 Å². The number of likely N-dealkylation sites (tertiary alicyclic amines) is 1. The molecule has 3 aromatic rings. The molecule has 1 amide bonds. The maximum Gasteiger partial charge on any atom is 0.416 e. The van der Waals surface area contributed by atoms with Gasteiger partial charge in [-0.05, 0) is 35.6 Å². The van der Waals surface area contributed by atoms with Crippen LogP contribution in [0.3, 0.4) is 0 Å². The summed E-state index contributed by atoms with van der Waals surface area (Å²) in [6.45, 7) is 1.92. The maximum absolute atomic E-state index is 13.3. The summed E-state index contributed by atoms with van der Waals surface area (Å²) >= 11 is 0. The number of hydrogen-bond donors (Lipinski definition) is 1. The van der Waals surface area contributed by atoms with Gasteiger partial charge in [0.05, 0.1) is 11.5 Å². The van der Waals surface area contributed by atoms with Gasteiger partial charge in [-0.15, -0.1) is 0 Å². The molecular formula is C27H27F3N2O. The summed E-state index contributed by atoms with van der Waals surface area (Å²) in [4.78, 5) is 15.4. The van der Waals surface area contributed by atoms with Crippen molar-refractivity contribution in [2.45, 2.75) is 37.5 Å². The first-order valence-corrected chi connectivity index (χ1v) is 11.2. The van der Waals surface area contributed by atoms with Crippen molar-refractivity contribution in [2.75, 3.05) is 13.1 Å². The van der Waals surface area contributed by atoms with Crippen molar-refractivity contribution in [2.24, 2.45) is 0 Å². The van der Waals surface area contributed by atoms with Gasteiger partial charge >= 0.3 is 6.18 Å². The fraction of sp³-hybridized carbons (Fsp3) is 0.296. The van der Waals surface area contributed by atoms with Crippen molar-refractivity contribution in [3.05, 3.63) is 107 Å². The maximum atomic E-state index is 13.3. The molecular weight excluding hydrogens is 425 g/mol. The van der Waals surface area contributed by atoms with Gasteiger partial charge in [-0.2, -0.15) is 13.2 Å². The van der Waals surface area contributed by atoms with Gasteiger partial charge in [-0.1, -0.05) is 78.9 Å². The number of nitrogens with one attached hydrogen (secondary N) is 1. The van der Waals surface area contributed by atoms with Crippen molar-refractivity contribution in [3.8, 4) is 0 Å². The molecule has 3 aromatic carbocycles. The number of halogens is 3. The fourth-order valence-corrected chi connectivity index (χ4v) is 4.41. The van der Waals surface area contributed by atoms with Crippen LogP contribution in [-0.4, -0.2) is 29.9 Å². The minimum Gasteiger partial charge on any atom is -0.352 e. The zero-order valence-electron chi connectivity index (χ0n) is 18.3. The molecule has 0 atom stereocenters. The van der Waals surface area contributed by atoms with Gasteiger partial charge < -0.3 is 5.32 Å². The van der Waals surface area contributed by atoms with Gasteiger partial charge in [0, 0.05) is 25.7 Å². The second-order valence-corrected chi connectivity index (χ2v) is 8.51. The molecule has 1 aliphatic rings. The Morgan fingerprint density at radius 2 is 1.45 bits per heavy atom. The van der Waals surface area contributed by atoms with E-state index in [1.54, 1.807) is 6.07 Å². The molecule has 33 heavy (non-hydrogen) atoms. The molecule has 0 spiro atoms. The fourth-order valence-electron chi connectivity index (χ4n) is 4.41. The molecule has 172 valence electrons. The zero-order chi connectivity index (χ0) is 23.3. The van der Waals surface area contributed by atoms with E-state index in [9.17, 15) is 18.0 Å². The van der Waals surface area contributed by atoms with E-state index in [1.165, 1.54) is 12.1 Å². The lowest BCUT2D eigenvalue weighted by atomic mass is 9.90. The van der Waals surface area contributed by atoms with Crippen LogP contribution in [0, 0.1) is 0 Å². The molecule has 1 saturated heterocycles. The summed E-state index contributed by atoms with van der Waals surface area (Å²) in [5.74, 6) is -0.403. The van der Waals surface area contributed by atoms with Crippen LogP contribution >= 0.6 is 0 Å². The van der Waals surface area contributed by atoms with E-state index in [2.05, 4.69) is 10.2 Å². The number of nitrogens with zero attached hydrogens (tertiary/aromatic N) is 1. The van der Waals surface area contributed by atoms with Crippen molar-refractivity contribution < 1.29 is 18.0 Å². The predicted molar refractivity (Wildman–Crippen MR) is 123 cm³/mol. The minimum atomic E-state index is -4.33. The summed E-state index contributed by atoms with van der Waals surface area (Å²) in [5.41, 5.74) is 1.93. The van der Waals surface area contributed by atoms with Crippen molar-refractivity contribution in [3.63, 3.8) is 0 Å². The molecule has 1 aliphatic heterocycles. The number of alkyl halides is 3. The second-order valence-electron chi connectivity index (χ2n) is 8.51. The van der Waals surface area contributed by atoms with E-state index in [1.807, 2.05) is 60.7 Å². The topological polar surface area (TPSA) is 32.3 Å². The number of carbonyl (C=O) groups excluding carboxylic acids is 1. The highest BCUT2D eigenvalue weighted by Gasteiger charge is 2.31. The third kappa shape index (κ3) is 6.02. The predicted octanol–water partition coefficient (Wildman–Crippen LogP) is 5.62. The average molecular weight is 453 g/mol. The first-order valence-electron chi connectivity index (χ1n) is 11.2. The number of piperidine rings is 1. The van der Waals surface area contributed by atoms with Crippen LogP contribution in [0.5, 0.6) is 0 Å². The SMILES string of the molecule is O=C(NC1CCN(Cc2cccc(C(F)(F)F)c2)CC1)C(c1ccccc1)c1ccccc1. The highest BCUT2D eigenvalue weighted by Crippen LogP contribution is 2.30. The molecule has 3 nitrogen and oxygen atoms in total. The van der Waals surface area contributed by atoms with E-state index in [4.69, 9.17) is 0 Å². The molecule has 1 N–H and O–H groups in total. The zero-order valence-corrected chi connectivity index (χ0v) is 18.3. The van der Waals surface area contributed by atoms with E-state index in [0.29, 0.717) is 12.1 Å². The quantitative estimate of drug-likeness (QED) is 0.527. The summed E-state index contributed by atoms with van der Waals surface area (Å²) in [6, 6.07) is 25.0. The Labute approximate surface area is 192 Å². The molecule has 1 fully saturated rings.